The molecule has 0 aliphatic heterocycles. The first-order chi connectivity index (χ1) is 16.8. The summed E-state index contributed by atoms with van der Waals surface area (Å²) in [4.78, 5) is 28.5. The Morgan fingerprint density at radius 1 is 0.886 bits per heavy atom. The largest absolute Gasteiger partial charge is 0.484 e. The van der Waals surface area contributed by atoms with Crippen LogP contribution in [0.5, 0.6) is 5.75 Å². The van der Waals surface area contributed by atoms with E-state index in [1.165, 1.54) is 0 Å². The molecule has 0 bridgehead atoms. The van der Waals surface area contributed by atoms with Crippen molar-refractivity contribution < 1.29 is 14.3 Å². The number of benzene rings is 3. The minimum atomic E-state index is -0.738. The van der Waals surface area contributed by atoms with Gasteiger partial charge in [-0.05, 0) is 41.3 Å². The van der Waals surface area contributed by atoms with Crippen LogP contribution in [0.4, 0.5) is 0 Å². The van der Waals surface area contributed by atoms with E-state index in [-0.39, 0.29) is 30.9 Å². The highest BCUT2D eigenvalue weighted by Gasteiger charge is 2.30. The summed E-state index contributed by atoms with van der Waals surface area (Å²) in [7, 11) is 0. The number of hydrogen-bond acceptors (Lipinski definition) is 3. The molecule has 0 aromatic heterocycles. The fraction of sp³-hybridized carbons (Fsp3) is 0.286. The van der Waals surface area contributed by atoms with Crippen molar-refractivity contribution >= 4 is 35.0 Å². The Morgan fingerprint density at radius 3 is 2.17 bits per heavy atom. The van der Waals surface area contributed by atoms with Crippen LogP contribution in [0, 0.1) is 5.92 Å². The lowest BCUT2D eigenvalue weighted by molar-refractivity contribution is -0.142. The van der Waals surface area contributed by atoms with Gasteiger partial charge in [0.05, 0.1) is 10.0 Å². The van der Waals surface area contributed by atoms with Crippen molar-refractivity contribution in [2.24, 2.45) is 5.92 Å². The monoisotopic (exact) mass is 512 g/mol. The van der Waals surface area contributed by atoms with Crippen molar-refractivity contribution in [2.45, 2.75) is 32.9 Å². The fourth-order valence-electron chi connectivity index (χ4n) is 3.56. The number of carbonyl (C=O) groups excluding carboxylic acids is 2. The summed E-state index contributed by atoms with van der Waals surface area (Å²) < 4.78 is 5.74. The zero-order valence-corrected chi connectivity index (χ0v) is 21.4. The molecule has 0 radical (unpaired) electrons. The number of rotatable bonds is 11. The lowest BCUT2D eigenvalue weighted by atomic mass is 10.0. The molecule has 0 heterocycles. The molecule has 7 heteroatoms. The second-order valence-corrected chi connectivity index (χ2v) is 9.53. The molecular formula is C28H30Cl2N2O3. The van der Waals surface area contributed by atoms with E-state index in [9.17, 15) is 9.59 Å². The summed E-state index contributed by atoms with van der Waals surface area (Å²) in [5.41, 5.74) is 1.72. The summed E-state index contributed by atoms with van der Waals surface area (Å²) in [6, 6.07) is 23.2. The van der Waals surface area contributed by atoms with Crippen molar-refractivity contribution in [1.82, 2.24) is 10.2 Å². The van der Waals surface area contributed by atoms with E-state index in [2.05, 4.69) is 5.32 Å². The third-order valence-electron chi connectivity index (χ3n) is 5.40. The molecule has 184 valence electrons. The molecule has 35 heavy (non-hydrogen) atoms. The van der Waals surface area contributed by atoms with E-state index in [0.717, 1.165) is 11.1 Å². The van der Waals surface area contributed by atoms with Crippen molar-refractivity contribution in [3.05, 3.63) is 100 Å². The van der Waals surface area contributed by atoms with Gasteiger partial charge in [0.2, 0.25) is 5.91 Å². The van der Waals surface area contributed by atoms with E-state index in [1.807, 2.05) is 62.4 Å². The first-order valence-corrected chi connectivity index (χ1v) is 12.3. The molecule has 3 aromatic rings. The van der Waals surface area contributed by atoms with Gasteiger partial charge in [0.25, 0.3) is 5.91 Å². The average molecular weight is 513 g/mol. The van der Waals surface area contributed by atoms with Gasteiger partial charge in [0, 0.05) is 19.5 Å². The molecule has 2 amide bonds. The molecular weight excluding hydrogens is 483 g/mol. The van der Waals surface area contributed by atoms with Gasteiger partial charge in [-0.1, -0.05) is 91.6 Å². The quantitative estimate of drug-likeness (QED) is 0.354. The second-order valence-electron chi connectivity index (χ2n) is 8.72. The number of nitrogens with one attached hydrogen (secondary N) is 1. The van der Waals surface area contributed by atoms with E-state index in [0.29, 0.717) is 28.8 Å². The molecule has 0 fully saturated rings. The predicted molar refractivity (Wildman–Crippen MR) is 141 cm³/mol. The Kier molecular flexibility index (Phi) is 10.0. The van der Waals surface area contributed by atoms with Crippen molar-refractivity contribution in [1.29, 1.82) is 0 Å². The van der Waals surface area contributed by atoms with Crippen LogP contribution in [0.2, 0.25) is 10.0 Å². The van der Waals surface area contributed by atoms with E-state index in [1.54, 1.807) is 35.2 Å². The highest BCUT2D eigenvalue weighted by Crippen LogP contribution is 2.24. The van der Waals surface area contributed by atoms with Crippen LogP contribution in [0.1, 0.15) is 25.0 Å². The van der Waals surface area contributed by atoms with E-state index >= 15 is 0 Å². The molecule has 0 saturated heterocycles. The number of ether oxygens (including phenoxy) is 1. The van der Waals surface area contributed by atoms with Crippen LogP contribution >= 0.6 is 23.2 Å². The molecule has 3 aromatic carbocycles. The van der Waals surface area contributed by atoms with Crippen LogP contribution < -0.4 is 10.1 Å². The zero-order chi connectivity index (χ0) is 25.2. The summed E-state index contributed by atoms with van der Waals surface area (Å²) in [5.74, 6) is 0.340. The Morgan fingerprint density at radius 2 is 1.54 bits per heavy atom. The third-order valence-corrected chi connectivity index (χ3v) is 6.14. The molecule has 1 N–H and O–H groups in total. The van der Waals surface area contributed by atoms with E-state index < -0.39 is 6.04 Å². The summed E-state index contributed by atoms with van der Waals surface area (Å²) in [6.07, 6.45) is 0.364. The van der Waals surface area contributed by atoms with Gasteiger partial charge in [0.15, 0.2) is 6.61 Å². The predicted octanol–water partition coefficient (Wildman–Crippen LogP) is 5.78. The SMILES string of the molecule is CC(C)CNC(=O)[C@@H](Cc1ccccc1)N(Cc1ccc(Cl)c(Cl)c1)C(=O)COc1ccccc1. The minimum absolute atomic E-state index is 0.181. The van der Waals surface area contributed by atoms with Gasteiger partial charge >= 0.3 is 0 Å². The van der Waals surface area contributed by atoms with Crippen LogP contribution in [-0.4, -0.2) is 35.9 Å². The molecule has 3 rings (SSSR count). The molecule has 0 saturated carbocycles. The lowest BCUT2D eigenvalue weighted by Crippen LogP contribution is -2.52. The van der Waals surface area contributed by atoms with Gasteiger partial charge in [-0.15, -0.1) is 0 Å². The topological polar surface area (TPSA) is 58.6 Å². The first kappa shape index (κ1) is 26.6. The molecule has 0 spiro atoms. The van der Waals surface area contributed by atoms with Gasteiger partial charge < -0.3 is 15.0 Å². The second kappa shape index (κ2) is 13.2. The Bertz CT molecular complexity index is 1110. The minimum Gasteiger partial charge on any atom is -0.484 e. The van der Waals surface area contributed by atoms with Crippen molar-refractivity contribution in [3.63, 3.8) is 0 Å². The van der Waals surface area contributed by atoms with Crippen molar-refractivity contribution in [3.8, 4) is 5.75 Å². The van der Waals surface area contributed by atoms with Crippen LogP contribution in [0.25, 0.3) is 0 Å². The molecule has 0 aliphatic rings. The van der Waals surface area contributed by atoms with Crippen molar-refractivity contribution in [2.75, 3.05) is 13.2 Å². The Hall–Kier alpha value is -3.02. The lowest BCUT2D eigenvalue weighted by Gasteiger charge is -2.31. The molecule has 1 atom stereocenters. The number of amides is 2. The molecule has 0 unspecified atom stereocenters. The standard InChI is InChI=1S/C28H30Cl2N2O3/c1-20(2)17-31-28(34)26(16-21-9-5-3-6-10-21)32(18-22-13-14-24(29)25(30)15-22)27(33)19-35-23-11-7-4-8-12-23/h3-15,20,26H,16-19H2,1-2H3,(H,31,34)/t26-/m1/s1. The fourth-order valence-corrected chi connectivity index (χ4v) is 3.88. The number of carbonyl (C=O) groups is 2. The van der Waals surface area contributed by atoms with E-state index in [4.69, 9.17) is 27.9 Å². The normalized spacial score (nSPS) is 11.7. The number of para-hydroxylation sites is 1. The average Bonchev–Trinajstić information content (AvgIpc) is 2.86. The maximum atomic E-state index is 13.5. The summed E-state index contributed by atoms with van der Waals surface area (Å²) in [6.45, 7) is 4.55. The van der Waals surface area contributed by atoms with Crippen LogP contribution in [-0.2, 0) is 22.6 Å². The summed E-state index contributed by atoms with van der Waals surface area (Å²) in [5, 5.41) is 3.81. The highest BCUT2D eigenvalue weighted by molar-refractivity contribution is 6.42. The zero-order valence-electron chi connectivity index (χ0n) is 19.9. The summed E-state index contributed by atoms with van der Waals surface area (Å²) >= 11 is 12.3. The molecule has 0 aliphatic carbocycles. The maximum Gasteiger partial charge on any atom is 0.261 e. The molecule has 5 nitrogen and oxygen atoms in total. The van der Waals surface area contributed by atoms with Gasteiger partial charge in [-0.2, -0.15) is 0 Å². The Labute approximate surface area is 217 Å². The van der Waals surface area contributed by atoms with Gasteiger partial charge in [0.1, 0.15) is 11.8 Å². The van der Waals surface area contributed by atoms with Crippen LogP contribution in [0.15, 0.2) is 78.9 Å². The van der Waals surface area contributed by atoms with Gasteiger partial charge in [-0.25, -0.2) is 0 Å². The van der Waals surface area contributed by atoms with Gasteiger partial charge in [-0.3, -0.25) is 9.59 Å². The Balaban J connectivity index is 1.91. The number of nitrogens with zero attached hydrogens (tertiary/aromatic N) is 1. The maximum absolute atomic E-state index is 13.5. The smallest absolute Gasteiger partial charge is 0.261 e. The highest BCUT2D eigenvalue weighted by atomic mass is 35.5. The number of hydrogen-bond donors (Lipinski definition) is 1. The van der Waals surface area contributed by atoms with Crippen LogP contribution in [0.3, 0.4) is 0 Å². The number of halogens is 2. The third kappa shape index (κ3) is 8.30. The first-order valence-electron chi connectivity index (χ1n) is 11.6.